The lowest BCUT2D eigenvalue weighted by atomic mass is 10.3. The molecule has 0 rings (SSSR count). The molecule has 7 heteroatoms. The van der Waals surface area contributed by atoms with Crippen LogP contribution in [-0.4, -0.2) is 77.5 Å². The fourth-order valence-electron chi connectivity index (χ4n) is 1.81. The largest absolute Gasteiger partial charge is 0.481 e. The molecule has 0 aliphatic heterocycles. The molecule has 0 aliphatic carbocycles. The summed E-state index contributed by atoms with van der Waals surface area (Å²) in [6.45, 7) is 7.32. The molecule has 7 nitrogen and oxygen atoms in total. The zero-order valence-electron chi connectivity index (χ0n) is 12.8. The zero-order valence-corrected chi connectivity index (χ0v) is 12.8. The average Bonchev–Trinajstić information content (AvgIpc) is 2.40. The third-order valence-electron chi connectivity index (χ3n) is 3.06. The minimum atomic E-state index is -0.946. The average molecular weight is 287 g/mol. The molecule has 0 unspecified atom stereocenters. The molecule has 0 aromatic rings. The van der Waals surface area contributed by atoms with Crippen LogP contribution in [-0.2, 0) is 9.59 Å². The molecular formula is C13H25N3O4. The minimum absolute atomic E-state index is 0.00405. The Morgan fingerprint density at radius 2 is 1.45 bits per heavy atom. The molecular weight excluding hydrogens is 262 g/mol. The fourth-order valence-corrected chi connectivity index (χ4v) is 1.81. The number of nitrogens with zero attached hydrogens (tertiary/aromatic N) is 3. The topological polar surface area (TPSA) is 81.2 Å². The van der Waals surface area contributed by atoms with Crippen molar-refractivity contribution in [2.24, 2.45) is 0 Å². The van der Waals surface area contributed by atoms with Crippen molar-refractivity contribution in [3.63, 3.8) is 0 Å². The van der Waals surface area contributed by atoms with Gasteiger partial charge in [0.05, 0.1) is 6.42 Å². The summed E-state index contributed by atoms with van der Waals surface area (Å²) in [5, 5.41) is 8.65. The molecule has 0 saturated carbocycles. The summed E-state index contributed by atoms with van der Waals surface area (Å²) >= 11 is 0. The maximum absolute atomic E-state index is 12.1. The number of amides is 3. The summed E-state index contributed by atoms with van der Waals surface area (Å²) in [7, 11) is 1.55. The second-order valence-electron chi connectivity index (χ2n) is 4.43. The van der Waals surface area contributed by atoms with Crippen LogP contribution in [0.2, 0.25) is 0 Å². The Hall–Kier alpha value is -1.79. The zero-order chi connectivity index (χ0) is 15.7. The van der Waals surface area contributed by atoms with E-state index in [2.05, 4.69) is 0 Å². The smallest absolute Gasteiger partial charge is 0.320 e. The summed E-state index contributed by atoms with van der Waals surface area (Å²) < 4.78 is 0. The molecule has 0 radical (unpaired) electrons. The van der Waals surface area contributed by atoms with Crippen molar-refractivity contribution >= 4 is 17.9 Å². The van der Waals surface area contributed by atoms with Crippen molar-refractivity contribution in [2.45, 2.75) is 27.2 Å². The Morgan fingerprint density at radius 3 is 1.85 bits per heavy atom. The molecule has 0 aromatic carbocycles. The molecule has 0 heterocycles. The summed E-state index contributed by atoms with van der Waals surface area (Å²) in [6.07, 6.45) is -0.0998. The Balaban J connectivity index is 4.50. The van der Waals surface area contributed by atoms with Gasteiger partial charge in [-0.15, -0.1) is 0 Å². The number of rotatable bonds is 8. The number of aliphatic carboxylic acids is 1. The molecule has 0 aromatic heterocycles. The van der Waals surface area contributed by atoms with Crippen LogP contribution in [0.3, 0.4) is 0 Å². The van der Waals surface area contributed by atoms with Crippen LogP contribution in [0.4, 0.5) is 4.79 Å². The van der Waals surface area contributed by atoms with Crippen LogP contribution in [0.25, 0.3) is 0 Å². The molecule has 0 atom stereocenters. The standard InChI is InChI=1S/C13H25N3O4/c1-5-15(6-2)11(17)10-14(4)13(20)16(7-3)9-8-12(18)19/h5-10H2,1-4H3,(H,18,19). The molecule has 0 bridgehead atoms. The van der Waals surface area contributed by atoms with Gasteiger partial charge in [0.25, 0.3) is 0 Å². The lowest BCUT2D eigenvalue weighted by Crippen LogP contribution is -2.47. The Kier molecular flexibility index (Phi) is 8.35. The van der Waals surface area contributed by atoms with Gasteiger partial charge in [0.1, 0.15) is 6.54 Å². The normalized spacial score (nSPS) is 10.0. The quantitative estimate of drug-likeness (QED) is 0.712. The van der Waals surface area contributed by atoms with Gasteiger partial charge in [-0.1, -0.05) is 0 Å². The van der Waals surface area contributed by atoms with E-state index >= 15 is 0 Å². The number of hydrogen-bond donors (Lipinski definition) is 1. The van der Waals surface area contributed by atoms with Gasteiger partial charge in [-0.05, 0) is 20.8 Å². The summed E-state index contributed by atoms with van der Waals surface area (Å²) in [5.74, 6) is -1.06. The van der Waals surface area contributed by atoms with Crippen LogP contribution in [0, 0.1) is 0 Å². The van der Waals surface area contributed by atoms with Crippen molar-refractivity contribution in [2.75, 3.05) is 39.8 Å². The number of carboxylic acid groups (broad SMARTS) is 1. The maximum Gasteiger partial charge on any atom is 0.320 e. The van der Waals surface area contributed by atoms with E-state index in [1.165, 1.54) is 9.80 Å². The summed E-state index contributed by atoms with van der Waals surface area (Å²) in [4.78, 5) is 39.0. The highest BCUT2D eigenvalue weighted by molar-refractivity contribution is 5.84. The van der Waals surface area contributed by atoms with E-state index in [0.29, 0.717) is 19.6 Å². The Morgan fingerprint density at radius 1 is 0.950 bits per heavy atom. The van der Waals surface area contributed by atoms with E-state index in [9.17, 15) is 14.4 Å². The third kappa shape index (κ3) is 5.90. The summed E-state index contributed by atoms with van der Waals surface area (Å²) in [5.41, 5.74) is 0. The highest BCUT2D eigenvalue weighted by Crippen LogP contribution is 2.00. The van der Waals surface area contributed by atoms with Gasteiger partial charge in [-0.3, -0.25) is 9.59 Å². The van der Waals surface area contributed by atoms with Crippen molar-refractivity contribution in [3.8, 4) is 0 Å². The highest BCUT2D eigenvalue weighted by Gasteiger charge is 2.21. The Bertz CT molecular complexity index is 343. The number of likely N-dealkylation sites (N-methyl/N-ethyl adjacent to an activating group) is 2. The molecule has 0 saturated heterocycles. The van der Waals surface area contributed by atoms with E-state index < -0.39 is 5.97 Å². The first-order valence-electron chi connectivity index (χ1n) is 6.86. The van der Waals surface area contributed by atoms with E-state index in [-0.39, 0.29) is 31.4 Å². The van der Waals surface area contributed by atoms with Gasteiger partial charge in [-0.25, -0.2) is 4.79 Å². The number of carbonyl (C=O) groups excluding carboxylic acids is 2. The van der Waals surface area contributed by atoms with Crippen LogP contribution in [0.5, 0.6) is 0 Å². The third-order valence-corrected chi connectivity index (χ3v) is 3.06. The van der Waals surface area contributed by atoms with E-state index in [1.807, 2.05) is 13.8 Å². The maximum atomic E-state index is 12.1. The SMILES string of the molecule is CCN(CC)C(=O)CN(C)C(=O)N(CC)CCC(=O)O. The monoisotopic (exact) mass is 287 g/mol. The van der Waals surface area contributed by atoms with Crippen LogP contribution in [0.1, 0.15) is 27.2 Å². The number of carbonyl (C=O) groups is 3. The fraction of sp³-hybridized carbons (Fsp3) is 0.769. The number of urea groups is 1. The molecule has 1 N–H and O–H groups in total. The van der Waals surface area contributed by atoms with E-state index in [0.717, 1.165) is 0 Å². The lowest BCUT2D eigenvalue weighted by molar-refractivity contribution is -0.137. The molecule has 0 aliphatic rings. The molecule has 20 heavy (non-hydrogen) atoms. The first kappa shape index (κ1) is 18.2. The van der Waals surface area contributed by atoms with Crippen molar-refractivity contribution < 1.29 is 19.5 Å². The van der Waals surface area contributed by atoms with Gasteiger partial charge in [-0.2, -0.15) is 0 Å². The minimum Gasteiger partial charge on any atom is -0.481 e. The number of carboxylic acids is 1. The second kappa shape index (κ2) is 9.17. The van der Waals surface area contributed by atoms with Crippen molar-refractivity contribution in [1.82, 2.24) is 14.7 Å². The van der Waals surface area contributed by atoms with Gasteiger partial charge >= 0.3 is 12.0 Å². The van der Waals surface area contributed by atoms with E-state index in [1.54, 1.807) is 18.9 Å². The molecule has 3 amide bonds. The van der Waals surface area contributed by atoms with Crippen LogP contribution in [0.15, 0.2) is 0 Å². The molecule has 0 spiro atoms. The van der Waals surface area contributed by atoms with Crippen molar-refractivity contribution in [3.05, 3.63) is 0 Å². The van der Waals surface area contributed by atoms with Crippen LogP contribution < -0.4 is 0 Å². The first-order chi connectivity index (χ1) is 9.37. The van der Waals surface area contributed by atoms with Gasteiger partial charge < -0.3 is 19.8 Å². The molecule has 116 valence electrons. The van der Waals surface area contributed by atoms with E-state index in [4.69, 9.17) is 5.11 Å². The van der Waals surface area contributed by atoms with Crippen LogP contribution >= 0.6 is 0 Å². The van der Waals surface area contributed by atoms with Gasteiger partial charge in [0.2, 0.25) is 5.91 Å². The Labute approximate surface area is 120 Å². The highest BCUT2D eigenvalue weighted by atomic mass is 16.4. The molecule has 0 fully saturated rings. The lowest BCUT2D eigenvalue weighted by Gasteiger charge is -2.28. The predicted octanol–water partition coefficient (Wildman–Crippen LogP) is 0.703. The first-order valence-corrected chi connectivity index (χ1v) is 6.86. The predicted molar refractivity (Wildman–Crippen MR) is 75.5 cm³/mol. The van der Waals surface area contributed by atoms with Gasteiger partial charge in [0.15, 0.2) is 0 Å². The second-order valence-corrected chi connectivity index (χ2v) is 4.43. The summed E-state index contributed by atoms with van der Waals surface area (Å²) in [6, 6.07) is -0.325. The number of hydrogen-bond acceptors (Lipinski definition) is 3. The van der Waals surface area contributed by atoms with Crippen molar-refractivity contribution in [1.29, 1.82) is 0 Å². The van der Waals surface area contributed by atoms with Gasteiger partial charge in [0, 0.05) is 33.2 Å².